The predicted octanol–water partition coefficient (Wildman–Crippen LogP) is 1.82. The Bertz CT molecular complexity index is 1510. The van der Waals surface area contributed by atoms with Crippen LogP contribution in [-0.4, -0.2) is 62.3 Å². The summed E-state index contributed by atoms with van der Waals surface area (Å²) in [6.45, 7) is 6.50. The number of hydrogen-bond acceptors (Lipinski definition) is 8. The van der Waals surface area contributed by atoms with Gasteiger partial charge >= 0.3 is 0 Å². The van der Waals surface area contributed by atoms with E-state index in [1.54, 1.807) is 32.9 Å². The Morgan fingerprint density at radius 3 is 2.83 bits per heavy atom. The Morgan fingerprint density at radius 1 is 1.31 bits per heavy atom. The number of fused-ring (bicyclic) bond motifs is 4. The summed E-state index contributed by atoms with van der Waals surface area (Å²) in [5.41, 5.74) is 0.820. The average molecular weight is 493 g/mol. The van der Waals surface area contributed by atoms with E-state index in [9.17, 15) is 14.4 Å². The van der Waals surface area contributed by atoms with Gasteiger partial charge in [-0.15, -0.1) is 11.3 Å². The highest BCUT2D eigenvalue weighted by molar-refractivity contribution is 7.20. The van der Waals surface area contributed by atoms with E-state index in [1.807, 2.05) is 4.90 Å². The van der Waals surface area contributed by atoms with Crippen LogP contribution in [0.1, 0.15) is 57.2 Å². The normalized spacial score (nSPS) is 22.0. The quantitative estimate of drug-likeness (QED) is 0.535. The molecule has 180 valence electrons. The van der Waals surface area contributed by atoms with Crippen LogP contribution in [0.2, 0.25) is 0 Å². The second kappa shape index (κ2) is 7.53. The van der Waals surface area contributed by atoms with E-state index >= 15 is 0 Å². The van der Waals surface area contributed by atoms with Crippen LogP contribution >= 0.6 is 11.3 Å². The van der Waals surface area contributed by atoms with Gasteiger partial charge in [0.1, 0.15) is 22.5 Å². The summed E-state index contributed by atoms with van der Waals surface area (Å²) in [7, 11) is 0. The van der Waals surface area contributed by atoms with Gasteiger partial charge < -0.3 is 20.4 Å². The van der Waals surface area contributed by atoms with Crippen LogP contribution in [0, 0.1) is 12.3 Å². The monoisotopic (exact) mass is 492 g/mol. The van der Waals surface area contributed by atoms with Gasteiger partial charge in [0.05, 0.1) is 35.0 Å². The number of thiophene rings is 1. The fourth-order valence-corrected chi connectivity index (χ4v) is 6.37. The SMILES string of the molecule is Cc1cc(CC(=N)c2ncnc3sc(C(=O)N4CC5C[C@@H]4CO5)cc23)c(=O)n2c1C(=O)NC2(C)C. The number of carbonyl (C=O) groups excluding carboxylic acids is 2. The summed E-state index contributed by atoms with van der Waals surface area (Å²) < 4.78 is 7.08. The highest BCUT2D eigenvalue weighted by Gasteiger charge is 2.42. The van der Waals surface area contributed by atoms with Gasteiger partial charge in [-0.25, -0.2) is 9.97 Å². The molecule has 0 aliphatic carbocycles. The number of aryl methyl sites for hydroxylation is 1. The molecule has 2 fully saturated rings. The minimum atomic E-state index is -0.850. The van der Waals surface area contributed by atoms with Crippen molar-refractivity contribution in [1.82, 2.24) is 24.8 Å². The van der Waals surface area contributed by atoms with E-state index in [-0.39, 0.29) is 41.7 Å². The number of hydrogen-bond donors (Lipinski definition) is 2. The molecule has 3 aliphatic rings. The van der Waals surface area contributed by atoms with E-state index in [0.717, 1.165) is 6.42 Å². The third-order valence-electron chi connectivity index (χ3n) is 7.01. The largest absolute Gasteiger partial charge is 0.374 e. The maximum Gasteiger partial charge on any atom is 0.270 e. The van der Waals surface area contributed by atoms with E-state index in [4.69, 9.17) is 10.1 Å². The Balaban J connectivity index is 1.33. The highest BCUT2D eigenvalue weighted by atomic mass is 32.1. The molecule has 6 rings (SSSR count). The molecule has 2 atom stereocenters. The topological polar surface area (TPSA) is 130 Å². The van der Waals surface area contributed by atoms with Crippen LogP contribution in [-0.2, 0) is 16.8 Å². The first-order valence-electron chi connectivity index (χ1n) is 11.5. The van der Waals surface area contributed by atoms with Crippen LogP contribution < -0.4 is 10.9 Å². The van der Waals surface area contributed by atoms with E-state index in [0.29, 0.717) is 50.8 Å². The van der Waals surface area contributed by atoms with E-state index < -0.39 is 5.66 Å². The molecule has 11 heteroatoms. The average Bonchev–Trinajstić information content (AvgIpc) is 3.58. The lowest BCUT2D eigenvalue weighted by Gasteiger charge is -2.26. The third-order valence-corrected chi connectivity index (χ3v) is 8.04. The highest BCUT2D eigenvalue weighted by Crippen LogP contribution is 2.33. The molecule has 3 aromatic heterocycles. The lowest BCUT2D eigenvalue weighted by molar-refractivity contribution is 0.0262. The summed E-state index contributed by atoms with van der Waals surface area (Å²) in [5.74, 6) is -0.329. The van der Waals surface area contributed by atoms with Crippen molar-refractivity contribution in [2.45, 2.75) is 51.4 Å². The van der Waals surface area contributed by atoms with Crippen LogP contribution in [0.3, 0.4) is 0 Å². The number of carbonyl (C=O) groups is 2. The summed E-state index contributed by atoms with van der Waals surface area (Å²) in [5, 5.41) is 12.2. The molecule has 6 heterocycles. The van der Waals surface area contributed by atoms with Crippen molar-refractivity contribution in [3.8, 4) is 0 Å². The second-order valence-corrected chi connectivity index (χ2v) is 10.9. The molecule has 0 spiro atoms. The lowest BCUT2D eigenvalue weighted by Crippen LogP contribution is -2.42. The van der Waals surface area contributed by atoms with Crippen molar-refractivity contribution in [3.05, 3.63) is 56.2 Å². The molecule has 0 saturated carbocycles. The van der Waals surface area contributed by atoms with Crippen LogP contribution in [0.15, 0.2) is 23.3 Å². The number of nitrogens with one attached hydrogen (secondary N) is 2. The fourth-order valence-electron chi connectivity index (χ4n) is 5.41. The molecule has 2 bridgehead atoms. The summed E-state index contributed by atoms with van der Waals surface area (Å²) in [6.07, 6.45) is 2.42. The van der Waals surface area contributed by atoms with Crippen molar-refractivity contribution in [1.29, 1.82) is 5.41 Å². The van der Waals surface area contributed by atoms with Gasteiger partial charge in [0, 0.05) is 23.9 Å². The number of ether oxygens (including phenoxy) is 1. The van der Waals surface area contributed by atoms with Crippen molar-refractivity contribution < 1.29 is 14.3 Å². The van der Waals surface area contributed by atoms with E-state index in [2.05, 4.69) is 15.3 Å². The summed E-state index contributed by atoms with van der Waals surface area (Å²) >= 11 is 1.29. The molecular weight excluding hydrogens is 468 g/mol. The van der Waals surface area contributed by atoms with Gasteiger partial charge in [0.25, 0.3) is 17.4 Å². The maximum atomic E-state index is 13.3. The number of rotatable bonds is 4. The first-order chi connectivity index (χ1) is 16.6. The molecule has 0 radical (unpaired) electrons. The lowest BCUT2D eigenvalue weighted by atomic mass is 10.0. The number of nitrogens with zero attached hydrogens (tertiary/aromatic N) is 4. The molecule has 0 aromatic carbocycles. The van der Waals surface area contributed by atoms with Gasteiger partial charge in [-0.2, -0.15) is 0 Å². The molecule has 2 saturated heterocycles. The van der Waals surface area contributed by atoms with Crippen LogP contribution in [0.5, 0.6) is 0 Å². The summed E-state index contributed by atoms with van der Waals surface area (Å²) in [4.78, 5) is 50.5. The number of aromatic nitrogens is 3. The third kappa shape index (κ3) is 3.33. The van der Waals surface area contributed by atoms with Crippen molar-refractivity contribution in [2.75, 3.05) is 13.2 Å². The smallest absolute Gasteiger partial charge is 0.270 e. The minimum Gasteiger partial charge on any atom is -0.374 e. The van der Waals surface area contributed by atoms with Gasteiger partial charge in [-0.05, 0) is 44.9 Å². The van der Waals surface area contributed by atoms with Crippen LogP contribution in [0.4, 0.5) is 0 Å². The Kier molecular flexibility index (Phi) is 4.74. The molecule has 1 unspecified atom stereocenters. The van der Waals surface area contributed by atoms with Gasteiger partial charge in [-0.1, -0.05) is 0 Å². The van der Waals surface area contributed by atoms with Crippen molar-refractivity contribution in [3.63, 3.8) is 0 Å². The zero-order valence-corrected chi connectivity index (χ0v) is 20.4. The molecular formula is C24H24N6O4S. The second-order valence-electron chi connectivity index (χ2n) is 9.86. The molecule has 2 N–H and O–H groups in total. The summed E-state index contributed by atoms with van der Waals surface area (Å²) in [6, 6.07) is 3.55. The number of pyridine rings is 1. The first kappa shape index (κ1) is 22.1. The minimum absolute atomic E-state index is 0.0443. The predicted molar refractivity (Wildman–Crippen MR) is 129 cm³/mol. The van der Waals surface area contributed by atoms with E-state index in [1.165, 1.54) is 22.2 Å². The van der Waals surface area contributed by atoms with Crippen LogP contribution in [0.25, 0.3) is 10.2 Å². The van der Waals surface area contributed by atoms with Crippen molar-refractivity contribution in [2.24, 2.45) is 0 Å². The molecule has 2 amide bonds. The Hall–Kier alpha value is -3.44. The van der Waals surface area contributed by atoms with Crippen molar-refractivity contribution >= 4 is 39.1 Å². The molecule has 3 aliphatic heterocycles. The number of likely N-dealkylation sites (tertiary alicyclic amines) is 1. The zero-order valence-electron chi connectivity index (χ0n) is 19.5. The first-order valence-corrected chi connectivity index (χ1v) is 12.3. The molecule has 3 aromatic rings. The number of amides is 2. The fraction of sp³-hybridized carbons (Fsp3) is 0.417. The maximum absolute atomic E-state index is 13.3. The van der Waals surface area contributed by atoms with Gasteiger partial charge in [0.2, 0.25) is 0 Å². The standard InChI is InChI=1S/C24H24N6O4S/c1-11-4-12(22(32)30-19(11)20(31)28-24(30,2)3)5-16(25)18-15-7-17(35-21(15)27-10-26-18)23(33)29-8-14-6-13(29)9-34-14/h4,7,10,13-14,25H,5-6,8-9H2,1-3H3,(H,28,31)/t13-,14?/m1/s1. The molecule has 35 heavy (non-hydrogen) atoms. The van der Waals surface area contributed by atoms with Gasteiger partial charge in [0.15, 0.2) is 0 Å². The molecule has 10 nitrogen and oxygen atoms in total. The number of morpholine rings is 1. The van der Waals surface area contributed by atoms with Gasteiger partial charge in [-0.3, -0.25) is 19.0 Å². The Labute approximate surface area is 204 Å². The Morgan fingerprint density at radius 2 is 2.11 bits per heavy atom. The zero-order chi connectivity index (χ0) is 24.6.